The van der Waals surface area contributed by atoms with Crippen LogP contribution < -0.4 is 0 Å². The van der Waals surface area contributed by atoms with Crippen LogP contribution in [0.1, 0.15) is 54.9 Å². The van der Waals surface area contributed by atoms with Crippen LogP contribution in [0.25, 0.3) is 0 Å². The highest BCUT2D eigenvalue weighted by molar-refractivity contribution is 4.91. The van der Waals surface area contributed by atoms with Crippen LogP contribution in [0, 0.1) is 0 Å². The molecule has 0 spiro atoms. The van der Waals surface area contributed by atoms with Crippen molar-refractivity contribution in [2.45, 2.75) is 78.6 Å². The predicted molar refractivity (Wildman–Crippen MR) is 71.8 cm³/mol. The van der Waals surface area contributed by atoms with E-state index in [0.717, 1.165) is 0 Å². The molecule has 96 valence electrons. The minimum Gasteiger partial charge on any atom is -0.297 e. The lowest BCUT2D eigenvalue weighted by Crippen LogP contribution is -2.50. The fraction of sp³-hybridized carbons (Fsp3) is 1.00. The first kappa shape index (κ1) is 14.0. The molecule has 1 heterocycles. The average molecular weight is 226 g/mol. The molecule has 1 aliphatic heterocycles. The van der Waals surface area contributed by atoms with Gasteiger partial charge in [-0.2, -0.15) is 0 Å². The van der Waals surface area contributed by atoms with Crippen LogP contribution >= 0.6 is 0 Å². The lowest BCUT2D eigenvalue weighted by molar-refractivity contribution is 0.0793. The van der Waals surface area contributed by atoms with E-state index in [1.54, 1.807) is 0 Å². The molecule has 1 aliphatic rings. The summed E-state index contributed by atoms with van der Waals surface area (Å²) >= 11 is 0. The second-order valence-electron chi connectivity index (χ2n) is 6.49. The van der Waals surface area contributed by atoms with Crippen molar-refractivity contribution in [3.63, 3.8) is 0 Å². The number of hydrogen-bond donors (Lipinski definition) is 0. The van der Waals surface area contributed by atoms with Crippen molar-refractivity contribution in [3.8, 4) is 0 Å². The lowest BCUT2D eigenvalue weighted by Gasteiger charge is -2.40. The third kappa shape index (κ3) is 2.98. The summed E-state index contributed by atoms with van der Waals surface area (Å²) in [6.45, 7) is 18.9. The average Bonchev–Trinajstić information content (AvgIpc) is 2.23. The van der Waals surface area contributed by atoms with Crippen molar-refractivity contribution in [1.82, 2.24) is 9.80 Å². The van der Waals surface area contributed by atoms with Gasteiger partial charge < -0.3 is 0 Å². The first-order chi connectivity index (χ1) is 7.25. The van der Waals surface area contributed by atoms with Crippen LogP contribution in [0.3, 0.4) is 0 Å². The third-order valence-electron chi connectivity index (χ3n) is 4.07. The number of hydrogen-bond acceptors (Lipinski definition) is 2. The molecule has 1 saturated heterocycles. The van der Waals surface area contributed by atoms with Gasteiger partial charge in [0.25, 0.3) is 0 Å². The van der Waals surface area contributed by atoms with Crippen molar-refractivity contribution in [3.05, 3.63) is 0 Å². The summed E-state index contributed by atoms with van der Waals surface area (Å²) in [7, 11) is 0. The minimum absolute atomic E-state index is 0.339. The van der Waals surface area contributed by atoms with E-state index < -0.39 is 0 Å². The van der Waals surface area contributed by atoms with Gasteiger partial charge in [0.2, 0.25) is 0 Å². The van der Waals surface area contributed by atoms with Gasteiger partial charge >= 0.3 is 0 Å². The van der Waals surface area contributed by atoms with Gasteiger partial charge in [-0.15, -0.1) is 0 Å². The molecule has 1 atom stereocenters. The largest absolute Gasteiger partial charge is 0.297 e. The highest BCUT2D eigenvalue weighted by Gasteiger charge is 2.35. The van der Waals surface area contributed by atoms with Crippen molar-refractivity contribution < 1.29 is 0 Å². The quantitative estimate of drug-likeness (QED) is 0.714. The Morgan fingerprint density at radius 1 is 1.06 bits per heavy atom. The second kappa shape index (κ2) is 5.05. The molecule has 1 fully saturated rings. The molecule has 0 aromatic carbocycles. The molecule has 0 bridgehead atoms. The molecule has 1 unspecified atom stereocenters. The summed E-state index contributed by atoms with van der Waals surface area (Å²) in [4.78, 5) is 5.31. The SMILES string of the molecule is CC(C)N1CCC(C)(C)N(C(C)C)CC1C. The van der Waals surface area contributed by atoms with Gasteiger partial charge in [0.15, 0.2) is 0 Å². The van der Waals surface area contributed by atoms with Crippen LogP contribution in [0.15, 0.2) is 0 Å². The molecule has 0 radical (unpaired) electrons. The predicted octanol–water partition coefficient (Wildman–Crippen LogP) is 2.98. The molecular formula is C14H30N2. The molecular weight excluding hydrogens is 196 g/mol. The zero-order valence-corrected chi connectivity index (χ0v) is 12.2. The van der Waals surface area contributed by atoms with E-state index in [0.29, 0.717) is 23.7 Å². The Morgan fingerprint density at radius 2 is 1.62 bits per heavy atom. The number of nitrogens with zero attached hydrogens (tertiary/aromatic N) is 2. The third-order valence-corrected chi connectivity index (χ3v) is 4.07. The standard InChI is InChI=1S/C14H30N2/c1-11(2)15-9-8-14(6,7)16(12(3)4)10-13(15)5/h11-13H,8-10H2,1-7H3. The van der Waals surface area contributed by atoms with Crippen LogP contribution in [-0.4, -0.2) is 46.6 Å². The molecule has 2 heteroatoms. The molecule has 16 heavy (non-hydrogen) atoms. The Labute approximate surface area is 102 Å². The molecule has 0 saturated carbocycles. The van der Waals surface area contributed by atoms with Crippen molar-refractivity contribution in [1.29, 1.82) is 0 Å². The van der Waals surface area contributed by atoms with Crippen LogP contribution in [-0.2, 0) is 0 Å². The Kier molecular flexibility index (Phi) is 4.42. The Hall–Kier alpha value is -0.0800. The lowest BCUT2D eigenvalue weighted by atomic mass is 9.97. The highest BCUT2D eigenvalue weighted by atomic mass is 15.3. The van der Waals surface area contributed by atoms with Gasteiger partial charge in [0, 0.05) is 36.8 Å². The van der Waals surface area contributed by atoms with Crippen LogP contribution in [0.5, 0.6) is 0 Å². The highest BCUT2D eigenvalue weighted by Crippen LogP contribution is 2.27. The minimum atomic E-state index is 0.339. The molecule has 0 aliphatic carbocycles. The Morgan fingerprint density at radius 3 is 2.06 bits per heavy atom. The summed E-state index contributed by atoms with van der Waals surface area (Å²) in [6, 6.07) is 1.98. The van der Waals surface area contributed by atoms with Gasteiger partial charge in [-0.3, -0.25) is 9.80 Å². The summed E-state index contributed by atoms with van der Waals surface area (Å²) in [5.41, 5.74) is 0.339. The fourth-order valence-corrected chi connectivity index (χ4v) is 3.08. The smallest absolute Gasteiger partial charge is 0.0197 e. The maximum atomic E-state index is 2.67. The van der Waals surface area contributed by atoms with E-state index in [1.807, 2.05) is 0 Å². The summed E-state index contributed by atoms with van der Waals surface area (Å²) in [5.74, 6) is 0. The normalized spacial score (nSPS) is 28.7. The maximum Gasteiger partial charge on any atom is 0.0197 e. The first-order valence-electron chi connectivity index (χ1n) is 6.78. The van der Waals surface area contributed by atoms with Gasteiger partial charge in [-0.1, -0.05) is 0 Å². The number of rotatable bonds is 2. The van der Waals surface area contributed by atoms with Crippen LogP contribution in [0.4, 0.5) is 0 Å². The van der Waals surface area contributed by atoms with E-state index in [2.05, 4.69) is 58.3 Å². The summed E-state index contributed by atoms with van der Waals surface area (Å²) in [6.07, 6.45) is 1.27. The topological polar surface area (TPSA) is 6.48 Å². The Balaban J connectivity index is 2.84. The molecule has 0 amide bonds. The van der Waals surface area contributed by atoms with E-state index in [1.165, 1.54) is 19.5 Å². The monoisotopic (exact) mass is 226 g/mol. The molecule has 0 aromatic heterocycles. The van der Waals surface area contributed by atoms with Gasteiger partial charge in [-0.05, 0) is 54.9 Å². The molecule has 2 nitrogen and oxygen atoms in total. The van der Waals surface area contributed by atoms with Gasteiger partial charge in [0.05, 0.1) is 0 Å². The fourth-order valence-electron chi connectivity index (χ4n) is 3.08. The van der Waals surface area contributed by atoms with E-state index in [-0.39, 0.29) is 0 Å². The van der Waals surface area contributed by atoms with Crippen LogP contribution in [0.2, 0.25) is 0 Å². The second-order valence-corrected chi connectivity index (χ2v) is 6.49. The summed E-state index contributed by atoms with van der Waals surface area (Å²) in [5, 5.41) is 0. The first-order valence-corrected chi connectivity index (χ1v) is 6.78. The van der Waals surface area contributed by atoms with Crippen molar-refractivity contribution in [2.24, 2.45) is 0 Å². The van der Waals surface area contributed by atoms with E-state index in [9.17, 15) is 0 Å². The summed E-state index contributed by atoms with van der Waals surface area (Å²) < 4.78 is 0. The van der Waals surface area contributed by atoms with E-state index >= 15 is 0 Å². The van der Waals surface area contributed by atoms with Crippen molar-refractivity contribution >= 4 is 0 Å². The van der Waals surface area contributed by atoms with Gasteiger partial charge in [-0.25, -0.2) is 0 Å². The van der Waals surface area contributed by atoms with Crippen molar-refractivity contribution in [2.75, 3.05) is 13.1 Å². The Bertz CT molecular complexity index is 221. The molecule has 0 aromatic rings. The zero-order valence-electron chi connectivity index (χ0n) is 12.2. The zero-order chi connectivity index (χ0) is 12.5. The maximum absolute atomic E-state index is 2.67. The van der Waals surface area contributed by atoms with Gasteiger partial charge in [0.1, 0.15) is 0 Å². The molecule has 1 rings (SSSR count). The van der Waals surface area contributed by atoms with E-state index in [4.69, 9.17) is 0 Å². The molecule has 0 N–H and O–H groups in total.